The number of fused-ring (bicyclic) bond motifs is 1. The van der Waals surface area contributed by atoms with E-state index >= 15 is 0 Å². The Labute approximate surface area is 120 Å². The van der Waals surface area contributed by atoms with Gasteiger partial charge in [0.1, 0.15) is 6.61 Å². The number of aliphatic hydroxyl groups excluding tert-OH is 1. The van der Waals surface area contributed by atoms with E-state index in [9.17, 15) is 0 Å². The molecule has 1 N–H and O–H groups in total. The third-order valence-electron chi connectivity index (χ3n) is 2.82. The zero-order valence-corrected chi connectivity index (χ0v) is 11.3. The Hall–Kier alpha value is -2.11. The lowest BCUT2D eigenvalue weighted by Gasteiger charge is -2.04. The molecule has 0 unspecified atom stereocenters. The van der Waals surface area contributed by atoms with Gasteiger partial charge in [-0.2, -0.15) is 0 Å². The number of aliphatic hydroxyl groups is 1. The van der Waals surface area contributed by atoms with Crippen LogP contribution in [0.3, 0.4) is 0 Å². The first kappa shape index (κ1) is 12.9. The van der Waals surface area contributed by atoms with Crippen molar-refractivity contribution in [3.63, 3.8) is 0 Å². The zero-order chi connectivity index (χ0) is 13.9. The molecule has 0 bridgehead atoms. The van der Waals surface area contributed by atoms with Crippen molar-refractivity contribution < 1.29 is 9.84 Å². The van der Waals surface area contributed by atoms with Gasteiger partial charge >= 0.3 is 0 Å². The highest BCUT2D eigenvalue weighted by molar-refractivity contribution is 6.30. The molecule has 0 atom stereocenters. The fourth-order valence-corrected chi connectivity index (χ4v) is 2.06. The molecule has 5 nitrogen and oxygen atoms in total. The van der Waals surface area contributed by atoms with Crippen LogP contribution in [0.1, 0.15) is 0 Å². The molecular formula is C14H12ClN3O2. The van der Waals surface area contributed by atoms with Crippen molar-refractivity contribution in [3.05, 3.63) is 47.6 Å². The van der Waals surface area contributed by atoms with E-state index < -0.39 is 0 Å². The molecule has 3 rings (SSSR count). The minimum atomic E-state index is -0.0503. The molecule has 0 amide bonds. The van der Waals surface area contributed by atoms with Crippen LogP contribution in [-0.4, -0.2) is 32.9 Å². The fourth-order valence-electron chi connectivity index (χ4n) is 1.93. The van der Waals surface area contributed by atoms with Gasteiger partial charge in [-0.05, 0) is 18.2 Å². The standard InChI is InChI=1S/C14H12ClN3O2/c15-11-3-1-10(2-4-11)12-5-6-16-13-9-14(17-18(12)13)20-8-7-19/h1-6,9,19H,7-8H2. The number of halogens is 1. The molecule has 2 heterocycles. The molecular weight excluding hydrogens is 278 g/mol. The summed E-state index contributed by atoms with van der Waals surface area (Å²) in [5.41, 5.74) is 2.56. The molecule has 0 fully saturated rings. The molecule has 3 aromatic rings. The van der Waals surface area contributed by atoms with Crippen LogP contribution < -0.4 is 4.74 Å². The Morgan fingerprint density at radius 1 is 1.20 bits per heavy atom. The van der Waals surface area contributed by atoms with E-state index in [1.54, 1.807) is 16.8 Å². The quantitative estimate of drug-likeness (QED) is 0.801. The predicted molar refractivity (Wildman–Crippen MR) is 76.0 cm³/mol. The van der Waals surface area contributed by atoms with Crippen LogP contribution in [0.25, 0.3) is 16.9 Å². The molecule has 20 heavy (non-hydrogen) atoms. The van der Waals surface area contributed by atoms with Crippen molar-refractivity contribution in [2.24, 2.45) is 0 Å². The van der Waals surface area contributed by atoms with Gasteiger partial charge in [0.05, 0.1) is 12.3 Å². The minimum absolute atomic E-state index is 0.0503. The first-order valence-corrected chi connectivity index (χ1v) is 6.50. The lowest BCUT2D eigenvalue weighted by molar-refractivity contribution is 0.196. The van der Waals surface area contributed by atoms with E-state index in [1.807, 2.05) is 30.3 Å². The Morgan fingerprint density at radius 3 is 2.75 bits per heavy atom. The first-order chi connectivity index (χ1) is 9.78. The van der Waals surface area contributed by atoms with E-state index in [0.717, 1.165) is 11.3 Å². The first-order valence-electron chi connectivity index (χ1n) is 6.12. The maximum Gasteiger partial charge on any atom is 0.235 e. The third-order valence-corrected chi connectivity index (χ3v) is 3.07. The van der Waals surface area contributed by atoms with Crippen molar-refractivity contribution in [3.8, 4) is 17.1 Å². The summed E-state index contributed by atoms with van der Waals surface area (Å²) in [5.74, 6) is 0.438. The third kappa shape index (κ3) is 2.45. The number of benzene rings is 1. The number of hydrogen-bond acceptors (Lipinski definition) is 4. The van der Waals surface area contributed by atoms with Crippen molar-refractivity contribution in [1.82, 2.24) is 14.6 Å². The predicted octanol–water partition coefficient (Wildman–Crippen LogP) is 2.42. The van der Waals surface area contributed by atoms with E-state index in [-0.39, 0.29) is 13.2 Å². The van der Waals surface area contributed by atoms with Crippen LogP contribution in [0, 0.1) is 0 Å². The molecule has 1 aromatic carbocycles. The summed E-state index contributed by atoms with van der Waals surface area (Å²) in [4.78, 5) is 4.25. The highest BCUT2D eigenvalue weighted by Crippen LogP contribution is 2.23. The van der Waals surface area contributed by atoms with Crippen LogP contribution in [0.4, 0.5) is 0 Å². The molecule has 6 heteroatoms. The second kappa shape index (κ2) is 5.48. The van der Waals surface area contributed by atoms with E-state index in [0.29, 0.717) is 16.5 Å². The van der Waals surface area contributed by atoms with Gasteiger partial charge in [0.2, 0.25) is 5.88 Å². The molecule has 102 valence electrons. The van der Waals surface area contributed by atoms with Gasteiger partial charge in [0.25, 0.3) is 0 Å². The van der Waals surface area contributed by atoms with Gasteiger partial charge < -0.3 is 9.84 Å². The Morgan fingerprint density at radius 2 is 2.00 bits per heavy atom. The van der Waals surface area contributed by atoms with Crippen molar-refractivity contribution >= 4 is 17.2 Å². The van der Waals surface area contributed by atoms with Crippen LogP contribution in [0.2, 0.25) is 5.02 Å². The summed E-state index contributed by atoms with van der Waals surface area (Å²) in [5, 5.41) is 13.8. The molecule has 0 aliphatic heterocycles. The Balaban J connectivity index is 2.06. The number of hydrogen-bond donors (Lipinski definition) is 1. The van der Waals surface area contributed by atoms with Gasteiger partial charge in [-0.25, -0.2) is 9.50 Å². The second-order valence-corrected chi connectivity index (χ2v) is 4.60. The van der Waals surface area contributed by atoms with Crippen molar-refractivity contribution in [2.75, 3.05) is 13.2 Å². The molecule has 0 saturated heterocycles. The summed E-state index contributed by atoms with van der Waals surface area (Å²) in [6.07, 6.45) is 1.72. The van der Waals surface area contributed by atoms with Crippen molar-refractivity contribution in [2.45, 2.75) is 0 Å². The van der Waals surface area contributed by atoms with E-state index in [4.69, 9.17) is 21.4 Å². The molecule has 0 radical (unpaired) electrons. The number of ether oxygens (including phenoxy) is 1. The largest absolute Gasteiger partial charge is 0.474 e. The maximum absolute atomic E-state index is 8.77. The molecule has 0 aliphatic rings. The summed E-state index contributed by atoms with van der Waals surface area (Å²) >= 11 is 5.90. The fraction of sp³-hybridized carbons (Fsp3) is 0.143. The van der Waals surface area contributed by atoms with Gasteiger partial charge in [-0.1, -0.05) is 23.7 Å². The van der Waals surface area contributed by atoms with Gasteiger partial charge in [0, 0.05) is 22.8 Å². The van der Waals surface area contributed by atoms with Crippen molar-refractivity contribution in [1.29, 1.82) is 0 Å². The summed E-state index contributed by atoms with van der Waals surface area (Å²) < 4.78 is 7.01. The van der Waals surface area contributed by atoms with Gasteiger partial charge in [-0.3, -0.25) is 0 Å². The molecule has 0 saturated carbocycles. The average molecular weight is 290 g/mol. The van der Waals surface area contributed by atoms with E-state index in [2.05, 4.69) is 10.1 Å². The average Bonchev–Trinajstić information content (AvgIpc) is 2.89. The maximum atomic E-state index is 8.77. The normalized spacial score (nSPS) is 10.9. The molecule has 0 spiro atoms. The van der Waals surface area contributed by atoms with Crippen LogP contribution in [-0.2, 0) is 0 Å². The lowest BCUT2D eigenvalue weighted by Crippen LogP contribution is -2.02. The summed E-state index contributed by atoms with van der Waals surface area (Å²) in [7, 11) is 0. The zero-order valence-electron chi connectivity index (χ0n) is 10.5. The molecule has 2 aromatic heterocycles. The topological polar surface area (TPSA) is 59.7 Å². The van der Waals surface area contributed by atoms with E-state index in [1.165, 1.54) is 0 Å². The van der Waals surface area contributed by atoms with Crippen LogP contribution in [0.15, 0.2) is 42.6 Å². The monoisotopic (exact) mass is 289 g/mol. The number of rotatable bonds is 4. The second-order valence-electron chi connectivity index (χ2n) is 4.16. The lowest BCUT2D eigenvalue weighted by atomic mass is 10.1. The SMILES string of the molecule is OCCOc1cc2nccc(-c3ccc(Cl)cc3)n2n1. The van der Waals surface area contributed by atoms with Gasteiger partial charge in [-0.15, -0.1) is 5.10 Å². The highest BCUT2D eigenvalue weighted by Gasteiger charge is 2.09. The Bertz CT molecular complexity index is 725. The molecule has 0 aliphatic carbocycles. The minimum Gasteiger partial charge on any atom is -0.474 e. The van der Waals surface area contributed by atoms with Crippen LogP contribution >= 0.6 is 11.6 Å². The summed E-state index contributed by atoms with van der Waals surface area (Å²) in [6, 6.07) is 11.1. The van der Waals surface area contributed by atoms with Crippen LogP contribution in [0.5, 0.6) is 5.88 Å². The highest BCUT2D eigenvalue weighted by atomic mass is 35.5. The summed E-state index contributed by atoms with van der Waals surface area (Å²) in [6.45, 7) is 0.158. The Kier molecular flexibility index (Phi) is 3.54. The van der Waals surface area contributed by atoms with Gasteiger partial charge in [0.15, 0.2) is 5.65 Å². The number of nitrogens with zero attached hydrogens (tertiary/aromatic N) is 3. The smallest absolute Gasteiger partial charge is 0.235 e. The number of aromatic nitrogens is 3.